The summed E-state index contributed by atoms with van der Waals surface area (Å²) in [5.74, 6) is -0.968. The standard InChI is InChI=1S/C31H20N6O4/c1-41-31(40)22-9-5-6-10-26(22)36-29(34)23(17-32)28(24(18-33)30(36)39)20-11-13-21(14-12-20)37-27(38)16-15-25(35-37)19-7-3-2-4-8-19/h2-16H,34H2,1H3. The highest BCUT2D eigenvalue weighted by Crippen LogP contribution is 2.31. The molecule has 0 fully saturated rings. The van der Waals surface area contributed by atoms with Crippen LogP contribution < -0.4 is 16.9 Å². The van der Waals surface area contributed by atoms with Gasteiger partial charge in [0, 0.05) is 17.2 Å². The molecule has 2 heterocycles. The van der Waals surface area contributed by atoms with E-state index in [0.29, 0.717) is 16.9 Å². The van der Waals surface area contributed by atoms with E-state index in [9.17, 15) is 24.9 Å². The van der Waals surface area contributed by atoms with Gasteiger partial charge in [-0.25, -0.2) is 4.79 Å². The molecule has 5 rings (SSSR count). The summed E-state index contributed by atoms with van der Waals surface area (Å²) in [7, 11) is 1.20. The average Bonchev–Trinajstić information content (AvgIpc) is 3.01. The Morgan fingerprint density at radius 1 is 0.829 bits per heavy atom. The number of ether oxygens (including phenoxy) is 1. The van der Waals surface area contributed by atoms with E-state index in [1.165, 1.54) is 30.0 Å². The number of nitriles is 2. The number of nitrogens with two attached hydrogens (primary N) is 1. The number of pyridine rings is 1. The van der Waals surface area contributed by atoms with Crippen LogP contribution in [-0.4, -0.2) is 27.4 Å². The smallest absolute Gasteiger partial charge is 0.339 e. The highest BCUT2D eigenvalue weighted by molar-refractivity contribution is 5.94. The molecule has 0 atom stereocenters. The normalized spacial score (nSPS) is 10.4. The van der Waals surface area contributed by atoms with Crippen LogP contribution in [0.1, 0.15) is 21.5 Å². The van der Waals surface area contributed by atoms with Gasteiger partial charge in [-0.05, 0) is 35.9 Å². The molecule has 0 saturated carbocycles. The molecule has 0 radical (unpaired) electrons. The van der Waals surface area contributed by atoms with E-state index in [0.717, 1.165) is 10.1 Å². The second-order valence-corrected chi connectivity index (χ2v) is 8.76. The number of para-hydroxylation sites is 1. The second kappa shape index (κ2) is 10.8. The Morgan fingerprint density at radius 2 is 1.49 bits per heavy atom. The van der Waals surface area contributed by atoms with E-state index in [1.54, 1.807) is 42.5 Å². The van der Waals surface area contributed by atoms with Crippen molar-refractivity contribution in [3.05, 3.63) is 128 Å². The summed E-state index contributed by atoms with van der Waals surface area (Å²) < 4.78 is 7.01. The van der Waals surface area contributed by atoms with Gasteiger partial charge in [0.2, 0.25) is 0 Å². The van der Waals surface area contributed by atoms with E-state index in [-0.39, 0.29) is 39.3 Å². The Kier molecular flexibility index (Phi) is 6.97. The van der Waals surface area contributed by atoms with Gasteiger partial charge >= 0.3 is 5.97 Å². The maximum absolute atomic E-state index is 13.6. The van der Waals surface area contributed by atoms with Crippen LogP contribution in [0.3, 0.4) is 0 Å². The topological polar surface area (TPSA) is 157 Å². The van der Waals surface area contributed by atoms with Crippen molar-refractivity contribution in [2.75, 3.05) is 12.8 Å². The fraction of sp³-hybridized carbons (Fsp3) is 0.0323. The zero-order valence-corrected chi connectivity index (χ0v) is 21.6. The third-order valence-electron chi connectivity index (χ3n) is 6.46. The van der Waals surface area contributed by atoms with E-state index in [4.69, 9.17) is 10.5 Å². The van der Waals surface area contributed by atoms with E-state index >= 15 is 0 Å². The molecule has 0 aliphatic rings. The molecule has 0 spiro atoms. The molecule has 0 bridgehead atoms. The van der Waals surface area contributed by atoms with E-state index in [1.807, 2.05) is 42.5 Å². The van der Waals surface area contributed by atoms with Crippen LogP contribution >= 0.6 is 0 Å². The quantitative estimate of drug-likeness (QED) is 0.330. The molecule has 10 heteroatoms. The fourth-order valence-electron chi connectivity index (χ4n) is 4.52. The maximum Gasteiger partial charge on any atom is 0.339 e. The molecule has 198 valence electrons. The Bertz CT molecular complexity index is 2010. The summed E-state index contributed by atoms with van der Waals surface area (Å²) in [6.07, 6.45) is 0. The summed E-state index contributed by atoms with van der Waals surface area (Å²) in [6, 6.07) is 28.7. The van der Waals surface area contributed by atoms with Crippen molar-refractivity contribution >= 4 is 11.8 Å². The van der Waals surface area contributed by atoms with Gasteiger partial charge in [0.1, 0.15) is 29.1 Å². The number of nitrogens with zero attached hydrogens (tertiary/aromatic N) is 5. The lowest BCUT2D eigenvalue weighted by Crippen LogP contribution is -2.27. The van der Waals surface area contributed by atoms with Crippen molar-refractivity contribution in [3.8, 4) is 45.9 Å². The lowest BCUT2D eigenvalue weighted by molar-refractivity contribution is 0.0600. The number of esters is 1. The summed E-state index contributed by atoms with van der Waals surface area (Å²) in [6.45, 7) is 0. The first-order valence-electron chi connectivity index (χ1n) is 12.2. The van der Waals surface area contributed by atoms with Crippen molar-refractivity contribution in [3.63, 3.8) is 0 Å². The molecular formula is C31H20N6O4. The summed E-state index contributed by atoms with van der Waals surface area (Å²) in [5, 5.41) is 24.6. The molecule has 0 unspecified atom stereocenters. The summed E-state index contributed by atoms with van der Waals surface area (Å²) in [4.78, 5) is 38.6. The molecule has 2 aromatic heterocycles. The SMILES string of the molecule is COC(=O)c1ccccc1-n1c(N)c(C#N)c(-c2ccc(-n3nc(-c4ccccc4)ccc3=O)cc2)c(C#N)c1=O. The molecule has 3 aromatic carbocycles. The first-order valence-corrected chi connectivity index (χ1v) is 12.2. The molecule has 0 aliphatic heterocycles. The van der Waals surface area contributed by atoms with Gasteiger partial charge in [0.15, 0.2) is 0 Å². The van der Waals surface area contributed by atoms with Gasteiger partial charge in [-0.3, -0.25) is 14.2 Å². The number of carbonyl (C=O) groups excluding carboxylic acids is 1. The van der Waals surface area contributed by atoms with E-state index < -0.39 is 11.5 Å². The molecular weight excluding hydrogens is 520 g/mol. The van der Waals surface area contributed by atoms with Gasteiger partial charge < -0.3 is 10.5 Å². The molecule has 0 aliphatic carbocycles. The van der Waals surface area contributed by atoms with E-state index in [2.05, 4.69) is 5.10 Å². The van der Waals surface area contributed by atoms with Crippen LogP contribution in [0.25, 0.3) is 33.8 Å². The largest absolute Gasteiger partial charge is 0.465 e. The van der Waals surface area contributed by atoms with Crippen molar-refractivity contribution in [1.29, 1.82) is 10.5 Å². The number of carbonyl (C=O) groups is 1. The van der Waals surface area contributed by atoms with Crippen LogP contribution in [-0.2, 0) is 4.74 Å². The van der Waals surface area contributed by atoms with Gasteiger partial charge in [-0.1, -0.05) is 54.6 Å². The molecule has 2 N–H and O–H groups in total. The number of rotatable bonds is 5. The Labute approximate surface area is 233 Å². The number of nitrogen functional groups attached to an aromatic ring is 1. The molecule has 10 nitrogen and oxygen atoms in total. The summed E-state index contributed by atoms with van der Waals surface area (Å²) >= 11 is 0. The number of hydrogen-bond acceptors (Lipinski definition) is 8. The number of methoxy groups -OCH3 is 1. The number of anilines is 1. The zero-order chi connectivity index (χ0) is 29.1. The second-order valence-electron chi connectivity index (χ2n) is 8.76. The van der Waals surface area contributed by atoms with Crippen LogP contribution in [0.2, 0.25) is 0 Å². The minimum atomic E-state index is -0.812. The first kappa shape index (κ1) is 26.4. The molecule has 5 aromatic rings. The first-order chi connectivity index (χ1) is 19.9. The number of benzene rings is 3. The average molecular weight is 541 g/mol. The lowest BCUT2D eigenvalue weighted by atomic mass is 9.95. The van der Waals surface area contributed by atoms with Gasteiger partial charge in [-0.15, -0.1) is 0 Å². The zero-order valence-electron chi connectivity index (χ0n) is 21.6. The predicted octanol–water partition coefficient (Wildman–Crippen LogP) is 3.83. The minimum absolute atomic E-state index is 0.0318. The Balaban J connectivity index is 1.66. The Morgan fingerprint density at radius 3 is 2.15 bits per heavy atom. The predicted molar refractivity (Wildman–Crippen MR) is 151 cm³/mol. The molecule has 41 heavy (non-hydrogen) atoms. The van der Waals surface area contributed by atoms with Gasteiger partial charge in [0.05, 0.1) is 29.7 Å². The van der Waals surface area contributed by atoms with Crippen LogP contribution in [0.4, 0.5) is 5.82 Å². The van der Waals surface area contributed by atoms with Crippen LogP contribution in [0.15, 0.2) is 101 Å². The fourth-order valence-corrected chi connectivity index (χ4v) is 4.52. The third kappa shape index (κ3) is 4.62. The van der Waals surface area contributed by atoms with Crippen LogP contribution in [0.5, 0.6) is 0 Å². The number of aromatic nitrogens is 3. The van der Waals surface area contributed by atoms with Gasteiger partial charge in [-0.2, -0.15) is 20.3 Å². The monoisotopic (exact) mass is 540 g/mol. The van der Waals surface area contributed by atoms with Gasteiger partial charge in [0.25, 0.3) is 11.1 Å². The highest BCUT2D eigenvalue weighted by atomic mass is 16.5. The number of hydrogen-bond donors (Lipinski definition) is 1. The maximum atomic E-state index is 13.6. The van der Waals surface area contributed by atoms with Crippen molar-refractivity contribution in [2.24, 2.45) is 0 Å². The van der Waals surface area contributed by atoms with Crippen molar-refractivity contribution in [2.45, 2.75) is 0 Å². The third-order valence-corrected chi connectivity index (χ3v) is 6.46. The molecule has 0 saturated heterocycles. The molecule has 0 amide bonds. The van der Waals surface area contributed by atoms with Crippen molar-refractivity contribution < 1.29 is 9.53 Å². The minimum Gasteiger partial charge on any atom is -0.465 e. The van der Waals surface area contributed by atoms with Crippen molar-refractivity contribution in [1.82, 2.24) is 14.3 Å². The lowest BCUT2D eigenvalue weighted by Gasteiger charge is -2.18. The Hall–Kier alpha value is -6.26. The van der Waals surface area contributed by atoms with Crippen LogP contribution in [0, 0.1) is 22.7 Å². The highest BCUT2D eigenvalue weighted by Gasteiger charge is 2.25. The summed E-state index contributed by atoms with van der Waals surface area (Å²) in [5.41, 5.74) is 7.04.